The third-order valence-electron chi connectivity index (χ3n) is 2.00. The smallest absolute Gasteiger partial charge is 0.0586 e. The zero-order valence-electron chi connectivity index (χ0n) is 5.97. The van der Waals surface area contributed by atoms with E-state index in [1.54, 1.807) is 7.11 Å². The van der Waals surface area contributed by atoms with Crippen LogP contribution in [-0.2, 0) is 4.74 Å². The van der Waals surface area contributed by atoms with E-state index in [1.165, 1.54) is 19.3 Å². The normalized spacial score (nSPS) is 36.7. The van der Waals surface area contributed by atoms with Gasteiger partial charge in [0.05, 0.1) is 6.10 Å². The summed E-state index contributed by atoms with van der Waals surface area (Å²) in [6, 6.07) is 0.392. The highest BCUT2D eigenvalue weighted by molar-refractivity contribution is 4.74. The molecule has 2 heteroatoms. The lowest BCUT2D eigenvalue weighted by molar-refractivity contribution is 0.0645. The van der Waals surface area contributed by atoms with Gasteiger partial charge < -0.3 is 10.5 Å². The van der Waals surface area contributed by atoms with Crippen molar-refractivity contribution < 1.29 is 4.74 Å². The second kappa shape index (κ2) is 3.18. The van der Waals surface area contributed by atoms with Crippen LogP contribution in [0.25, 0.3) is 0 Å². The van der Waals surface area contributed by atoms with Crippen molar-refractivity contribution in [1.29, 1.82) is 0 Å². The number of hydrogen-bond acceptors (Lipinski definition) is 2. The molecule has 9 heavy (non-hydrogen) atoms. The van der Waals surface area contributed by atoms with E-state index in [-0.39, 0.29) is 0 Å². The molecule has 2 N–H and O–H groups in total. The van der Waals surface area contributed by atoms with Gasteiger partial charge in [-0.1, -0.05) is 0 Å². The van der Waals surface area contributed by atoms with E-state index in [9.17, 15) is 0 Å². The van der Waals surface area contributed by atoms with Crippen molar-refractivity contribution in [2.24, 2.45) is 5.73 Å². The third-order valence-corrected chi connectivity index (χ3v) is 2.00. The largest absolute Gasteiger partial charge is 0.381 e. The fraction of sp³-hybridized carbons (Fsp3) is 1.00. The summed E-state index contributed by atoms with van der Waals surface area (Å²) in [5.41, 5.74) is 5.72. The average Bonchev–Trinajstić information content (AvgIpc) is 1.88. The SMILES string of the molecule is COC1CCCC(N)C1. The van der Waals surface area contributed by atoms with Gasteiger partial charge in [-0.05, 0) is 25.7 Å². The Morgan fingerprint density at radius 3 is 2.67 bits per heavy atom. The average molecular weight is 129 g/mol. The van der Waals surface area contributed by atoms with Gasteiger partial charge in [0.2, 0.25) is 0 Å². The summed E-state index contributed by atoms with van der Waals surface area (Å²) in [6.45, 7) is 0. The molecule has 0 bridgehead atoms. The minimum absolute atomic E-state index is 0.392. The lowest BCUT2D eigenvalue weighted by Crippen LogP contribution is -2.31. The lowest BCUT2D eigenvalue weighted by Gasteiger charge is -2.24. The van der Waals surface area contributed by atoms with Crippen molar-refractivity contribution in [2.75, 3.05) is 7.11 Å². The van der Waals surface area contributed by atoms with E-state index in [0.717, 1.165) is 6.42 Å². The zero-order chi connectivity index (χ0) is 6.69. The molecule has 54 valence electrons. The topological polar surface area (TPSA) is 35.2 Å². The van der Waals surface area contributed by atoms with Crippen LogP contribution < -0.4 is 5.73 Å². The van der Waals surface area contributed by atoms with E-state index in [4.69, 9.17) is 10.5 Å². The summed E-state index contributed by atoms with van der Waals surface area (Å²) in [4.78, 5) is 0. The summed E-state index contributed by atoms with van der Waals surface area (Å²) in [6.07, 6.45) is 5.11. The van der Waals surface area contributed by atoms with Gasteiger partial charge in [0.1, 0.15) is 0 Å². The summed E-state index contributed by atoms with van der Waals surface area (Å²) < 4.78 is 5.18. The Kier molecular flexibility index (Phi) is 2.49. The first kappa shape index (κ1) is 7.03. The van der Waals surface area contributed by atoms with E-state index in [1.807, 2.05) is 0 Å². The molecule has 0 saturated heterocycles. The molecule has 0 amide bonds. The zero-order valence-corrected chi connectivity index (χ0v) is 5.97. The van der Waals surface area contributed by atoms with Crippen LogP contribution in [0.2, 0.25) is 0 Å². The van der Waals surface area contributed by atoms with Crippen molar-refractivity contribution in [2.45, 2.75) is 37.8 Å². The molecule has 0 spiro atoms. The fourth-order valence-corrected chi connectivity index (χ4v) is 1.40. The molecule has 0 heterocycles. The van der Waals surface area contributed by atoms with E-state index in [0.29, 0.717) is 12.1 Å². The number of ether oxygens (including phenoxy) is 1. The summed E-state index contributed by atoms with van der Waals surface area (Å²) >= 11 is 0. The second-order valence-corrected chi connectivity index (χ2v) is 2.78. The third kappa shape index (κ3) is 1.95. The number of rotatable bonds is 1. The van der Waals surface area contributed by atoms with Crippen LogP contribution in [0.1, 0.15) is 25.7 Å². The standard InChI is InChI=1S/C7H15NO/c1-9-7-4-2-3-6(8)5-7/h6-7H,2-5,8H2,1H3. The van der Waals surface area contributed by atoms with Crippen molar-refractivity contribution in [3.05, 3.63) is 0 Å². The molecule has 2 unspecified atom stereocenters. The van der Waals surface area contributed by atoms with Crippen molar-refractivity contribution >= 4 is 0 Å². The van der Waals surface area contributed by atoms with Gasteiger partial charge in [-0.15, -0.1) is 0 Å². The van der Waals surface area contributed by atoms with Crippen molar-refractivity contribution in [1.82, 2.24) is 0 Å². The van der Waals surface area contributed by atoms with Crippen LogP contribution in [0.15, 0.2) is 0 Å². The van der Waals surface area contributed by atoms with Crippen LogP contribution in [-0.4, -0.2) is 19.3 Å². The van der Waals surface area contributed by atoms with E-state index >= 15 is 0 Å². The Bertz CT molecular complexity index is 85.0. The minimum Gasteiger partial charge on any atom is -0.381 e. The minimum atomic E-state index is 0.392. The molecule has 1 aliphatic carbocycles. The Balaban J connectivity index is 2.23. The van der Waals surface area contributed by atoms with Crippen LogP contribution in [0.5, 0.6) is 0 Å². The summed E-state index contributed by atoms with van der Waals surface area (Å²) in [5.74, 6) is 0. The number of hydrogen-bond donors (Lipinski definition) is 1. The van der Waals surface area contributed by atoms with Crippen LogP contribution in [0, 0.1) is 0 Å². The molecule has 1 aliphatic rings. The molecule has 0 aromatic rings. The Morgan fingerprint density at radius 1 is 1.44 bits per heavy atom. The van der Waals surface area contributed by atoms with Gasteiger partial charge in [0.15, 0.2) is 0 Å². The van der Waals surface area contributed by atoms with E-state index in [2.05, 4.69) is 0 Å². The highest BCUT2D eigenvalue weighted by Gasteiger charge is 2.17. The molecule has 0 aliphatic heterocycles. The molecule has 1 saturated carbocycles. The van der Waals surface area contributed by atoms with Crippen molar-refractivity contribution in [3.8, 4) is 0 Å². The summed E-state index contributed by atoms with van der Waals surface area (Å²) in [5, 5.41) is 0. The van der Waals surface area contributed by atoms with Gasteiger partial charge in [0.25, 0.3) is 0 Å². The van der Waals surface area contributed by atoms with Crippen molar-refractivity contribution in [3.63, 3.8) is 0 Å². The molecule has 2 nitrogen and oxygen atoms in total. The highest BCUT2D eigenvalue weighted by Crippen LogP contribution is 2.18. The maximum Gasteiger partial charge on any atom is 0.0586 e. The van der Waals surface area contributed by atoms with Gasteiger partial charge >= 0.3 is 0 Å². The first-order valence-electron chi connectivity index (χ1n) is 3.61. The highest BCUT2D eigenvalue weighted by atomic mass is 16.5. The molecule has 1 rings (SSSR count). The molecule has 1 fully saturated rings. The van der Waals surface area contributed by atoms with E-state index < -0.39 is 0 Å². The number of nitrogens with two attached hydrogens (primary N) is 1. The molecule has 0 aromatic carbocycles. The molecule has 2 atom stereocenters. The van der Waals surface area contributed by atoms with Gasteiger partial charge in [-0.2, -0.15) is 0 Å². The predicted molar refractivity (Wildman–Crippen MR) is 37.2 cm³/mol. The molecule has 0 aromatic heterocycles. The Hall–Kier alpha value is -0.0800. The fourth-order valence-electron chi connectivity index (χ4n) is 1.40. The molecule has 0 radical (unpaired) electrons. The van der Waals surface area contributed by atoms with Gasteiger partial charge in [-0.3, -0.25) is 0 Å². The van der Waals surface area contributed by atoms with Crippen LogP contribution >= 0.6 is 0 Å². The summed E-state index contributed by atoms with van der Waals surface area (Å²) in [7, 11) is 1.77. The monoisotopic (exact) mass is 129 g/mol. The molecular formula is C7H15NO. The van der Waals surface area contributed by atoms with Gasteiger partial charge in [-0.25, -0.2) is 0 Å². The second-order valence-electron chi connectivity index (χ2n) is 2.78. The predicted octanol–water partition coefficient (Wildman–Crippen LogP) is 0.903. The lowest BCUT2D eigenvalue weighted by atomic mass is 9.94. The Morgan fingerprint density at radius 2 is 2.22 bits per heavy atom. The first-order valence-corrected chi connectivity index (χ1v) is 3.61. The van der Waals surface area contributed by atoms with Crippen LogP contribution in [0.3, 0.4) is 0 Å². The maximum atomic E-state index is 5.72. The van der Waals surface area contributed by atoms with Crippen LogP contribution in [0.4, 0.5) is 0 Å². The first-order chi connectivity index (χ1) is 4.33. The molecular weight excluding hydrogens is 114 g/mol. The quantitative estimate of drug-likeness (QED) is 0.571. The number of methoxy groups -OCH3 is 1. The maximum absolute atomic E-state index is 5.72. The van der Waals surface area contributed by atoms with Gasteiger partial charge in [0, 0.05) is 13.2 Å². The Labute approximate surface area is 56.4 Å².